The van der Waals surface area contributed by atoms with Crippen LogP contribution in [0.4, 0.5) is 5.82 Å². The van der Waals surface area contributed by atoms with Gasteiger partial charge in [-0.05, 0) is 12.1 Å². The predicted molar refractivity (Wildman–Crippen MR) is 63.6 cm³/mol. The van der Waals surface area contributed by atoms with Crippen molar-refractivity contribution in [1.29, 1.82) is 0 Å². The molecule has 0 bridgehead atoms. The zero-order valence-electron chi connectivity index (χ0n) is 9.51. The van der Waals surface area contributed by atoms with Crippen LogP contribution in [0.1, 0.15) is 25.6 Å². The molecular weight excluding hydrogens is 202 g/mol. The molecule has 0 unspecified atom stereocenters. The molecule has 2 aromatic rings. The molecule has 0 saturated heterocycles. The molecule has 0 aromatic carbocycles. The van der Waals surface area contributed by atoms with Gasteiger partial charge in [0.1, 0.15) is 5.82 Å². The SMILES string of the molecule is C=CCNc1ccc2nnc(C(C)C)n2n1. The summed E-state index contributed by atoms with van der Waals surface area (Å²) in [6, 6.07) is 3.79. The molecule has 2 aromatic heterocycles. The molecule has 5 heteroatoms. The monoisotopic (exact) mass is 217 g/mol. The van der Waals surface area contributed by atoms with Gasteiger partial charge in [0, 0.05) is 12.5 Å². The topological polar surface area (TPSA) is 55.1 Å². The van der Waals surface area contributed by atoms with E-state index in [0.29, 0.717) is 12.5 Å². The molecule has 2 heterocycles. The highest BCUT2D eigenvalue weighted by Crippen LogP contribution is 2.13. The first-order valence-corrected chi connectivity index (χ1v) is 5.29. The quantitative estimate of drug-likeness (QED) is 0.794. The van der Waals surface area contributed by atoms with E-state index in [1.165, 1.54) is 0 Å². The maximum atomic E-state index is 4.43. The average Bonchev–Trinajstić information content (AvgIpc) is 2.69. The molecule has 2 rings (SSSR count). The van der Waals surface area contributed by atoms with Crippen LogP contribution in [0.15, 0.2) is 24.8 Å². The molecule has 0 aliphatic carbocycles. The van der Waals surface area contributed by atoms with E-state index < -0.39 is 0 Å². The standard InChI is InChI=1S/C11H15N5/c1-4-7-12-9-5-6-10-13-14-11(8(2)3)16(10)15-9/h4-6,8H,1,7H2,2-3H3,(H,12,15). The minimum Gasteiger partial charge on any atom is -0.365 e. The van der Waals surface area contributed by atoms with Crippen molar-refractivity contribution < 1.29 is 0 Å². The summed E-state index contributed by atoms with van der Waals surface area (Å²) in [5, 5.41) is 15.7. The minimum atomic E-state index is 0.303. The second-order valence-electron chi connectivity index (χ2n) is 3.87. The van der Waals surface area contributed by atoms with Gasteiger partial charge in [0.05, 0.1) is 0 Å². The molecule has 1 N–H and O–H groups in total. The Balaban J connectivity index is 2.41. The second kappa shape index (κ2) is 4.30. The Bertz CT molecular complexity index is 500. The van der Waals surface area contributed by atoms with E-state index in [2.05, 4.69) is 41.0 Å². The van der Waals surface area contributed by atoms with E-state index in [-0.39, 0.29) is 0 Å². The Kier molecular flexibility index (Phi) is 2.85. The maximum absolute atomic E-state index is 4.43. The van der Waals surface area contributed by atoms with Crippen LogP contribution in [0, 0.1) is 0 Å². The fourth-order valence-electron chi connectivity index (χ4n) is 1.44. The molecule has 84 valence electrons. The number of rotatable bonds is 4. The van der Waals surface area contributed by atoms with Crippen molar-refractivity contribution in [3.05, 3.63) is 30.6 Å². The summed E-state index contributed by atoms with van der Waals surface area (Å²) in [5.74, 6) is 1.98. The number of hydrogen-bond donors (Lipinski definition) is 1. The van der Waals surface area contributed by atoms with Gasteiger partial charge in [0.2, 0.25) is 0 Å². The Labute approximate surface area is 94.2 Å². The smallest absolute Gasteiger partial charge is 0.178 e. The number of nitrogens with one attached hydrogen (secondary N) is 1. The van der Waals surface area contributed by atoms with E-state index in [0.717, 1.165) is 17.3 Å². The largest absolute Gasteiger partial charge is 0.365 e. The first-order chi connectivity index (χ1) is 7.72. The summed E-state index contributed by atoms with van der Waals surface area (Å²) in [4.78, 5) is 0. The van der Waals surface area contributed by atoms with Gasteiger partial charge in [-0.15, -0.1) is 21.9 Å². The van der Waals surface area contributed by atoms with Crippen LogP contribution in [0.25, 0.3) is 5.65 Å². The third kappa shape index (κ3) is 1.88. The lowest BCUT2D eigenvalue weighted by Gasteiger charge is -2.05. The van der Waals surface area contributed by atoms with Crippen molar-refractivity contribution in [1.82, 2.24) is 19.8 Å². The molecule has 0 fully saturated rings. The second-order valence-corrected chi connectivity index (χ2v) is 3.87. The molecule has 5 nitrogen and oxygen atoms in total. The zero-order chi connectivity index (χ0) is 11.5. The summed E-state index contributed by atoms with van der Waals surface area (Å²) in [5.41, 5.74) is 0.771. The fraction of sp³-hybridized carbons (Fsp3) is 0.364. The highest BCUT2D eigenvalue weighted by Gasteiger charge is 2.10. The van der Waals surface area contributed by atoms with Gasteiger partial charge in [-0.2, -0.15) is 4.52 Å². The van der Waals surface area contributed by atoms with E-state index >= 15 is 0 Å². The summed E-state index contributed by atoms with van der Waals surface area (Å²) in [7, 11) is 0. The molecule has 0 atom stereocenters. The van der Waals surface area contributed by atoms with Crippen molar-refractivity contribution in [2.75, 3.05) is 11.9 Å². The number of aromatic nitrogens is 4. The first kappa shape index (κ1) is 10.6. The maximum Gasteiger partial charge on any atom is 0.178 e. The van der Waals surface area contributed by atoms with Crippen LogP contribution in [-0.2, 0) is 0 Å². The van der Waals surface area contributed by atoms with E-state index in [1.54, 1.807) is 10.6 Å². The molecule has 16 heavy (non-hydrogen) atoms. The van der Waals surface area contributed by atoms with Crippen LogP contribution < -0.4 is 5.32 Å². The number of hydrogen-bond acceptors (Lipinski definition) is 4. The summed E-state index contributed by atoms with van der Waals surface area (Å²) < 4.78 is 1.77. The summed E-state index contributed by atoms with van der Waals surface area (Å²) in [6.07, 6.45) is 1.79. The summed E-state index contributed by atoms with van der Waals surface area (Å²) in [6.45, 7) is 8.49. The van der Waals surface area contributed by atoms with Crippen LogP contribution in [0.5, 0.6) is 0 Å². The van der Waals surface area contributed by atoms with Gasteiger partial charge in [0.15, 0.2) is 11.5 Å². The molecule has 0 radical (unpaired) electrons. The Morgan fingerprint density at radius 3 is 2.94 bits per heavy atom. The first-order valence-electron chi connectivity index (χ1n) is 5.29. The van der Waals surface area contributed by atoms with E-state index in [4.69, 9.17) is 0 Å². The van der Waals surface area contributed by atoms with Crippen molar-refractivity contribution in [2.24, 2.45) is 0 Å². The van der Waals surface area contributed by atoms with E-state index in [1.807, 2.05) is 12.1 Å². The Morgan fingerprint density at radius 2 is 2.25 bits per heavy atom. The molecule has 0 amide bonds. The van der Waals surface area contributed by atoms with Crippen LogP contribution in [0.2, 0.25) is 0 Å². The number of fused-ring (bicyclic) bond motifs is 1. The number of anilines is 1. The normalized spacial score (nSPS) is 10.9. The van der Waals surface area contributed by atoms with Gasteiger partial charge in [-0.25, -0.2) is 0 Å². The van der Waals surface area contributed by atoms with Crippen LogP contribution in [-0.4, -0.2) is 26.4 Å². The van der Waals surface area contributed by atoms with Crippen molar-refractivity contribution >= 4 is 11.5 Å². The highest BCUT2D eigenvalue weighted by atomic mass is 15.4. The van der Waals surface area contributed by atoms with E-state index in [9.17, 15) is 0 Å². The lowest BCUT2D eigenvalue weighted by molar-refractivity contribution is 0.722. The molecule has 0 aliphatic heterocycles. The zero-order valence-corrected chi connectivity index (χ0v) is 9.51. The third-order valence-corrected chi connectivity index (χ3v) is 2.23. The van der Waals surface area contributed by atoms with Gasteiger partial charge >= 0.3 is 0 Å². The van der Waals surface area contributed by atoms with Gasteiger partial charge in [-0.1, -0.05) is 19.9 Å². The average molecular weight is 217 g/mol. The molecule has 0 aliphatic rings. The van der Waals surface area contributed by atoms with Crippen LogP contribution in [0.3, 0.4) is 0 Å². The third-order valence-electron chi connectivity index (χ3n) is 2.23. The van der Waals surface area contributed by atoms with Gasteiger partial charge < -0.3 is 5.32 Å². The number of nitrogens with zero attached hydrogens (tertiary/aromatic N) is 4. The summed E-state index contributed by atoms with van der Waals surface area (Å²) >= 11 is 0. The predicted octanol–water partition coefficient (Wildman–Crippen LogP) is 1.85. The van der Waals surface area contributed by atoms with Crippen molar-refractivity contribution in [3.8, 4) is 0 Å². The van der Waals surface area contributed by atoms with Gasteiger partial charge in [-0.3, -0.25) is 0 Å². The lowest BCUT2D eigenvalue weighted by Crippen LogP contribution is -2.06. The molecule has 0 saturated carbocycles. The lowest BCUT2D eigenvalue weighted by atomic mass is 10.2. The minimum absolute atomic E-state index is 0.303. The molecular formula is C11H15N5. The van der Waals surface area contributed by atoms with Crippen molar-refractivity contribution in [3.63, 3.8) is 0 Å². The van der Waals surface area contributed by atoms with Gasteiger partial charge in [0.25, 0.3) is 0 Å². The molecule has 0 spiro atoms. The Morgan fingerprint density at radius 1 is 1.44 bits per heavy atom. The van der Waals surface area contributed by atoms with Crippen molar-refractivity contribution in [2.45, 2.75) is 19.8 Å². The van der Waals surface area contributed by atoms with Crippen LogP contribution >= 0.6 is 0 Å². The Hall–Kier alpha value is -1.91. The highest BCUT2D eigenvalue weighted by molar-refractivity contribution is 5.44. The fourth-order valence-corrected chi connectivity index (χ4v) is 1.44.